The molecule has 0 aliphatic heterocycles. The lowest BCUT2D eigenvalue weighted by Gasteiger charge is -2.15. The molecule has 29 heavy (non-hydrogen) atoms. The maximum absolute atomic E-state index is 14.5. The van der Waals surface area contributed by atoms with E-state index in [1.165, 1.54) is 0 Å². The Kier molecular flexibility index (Phi) is 6.90. The van der Waals surface area contributed by atoms with Crippen molar-refractivity contribution in [1.82, 2.24) is 5.32 Å². The van der Waals surface area contributed by atoms with Crippen molar-refractivity contribution in [3.05, 3.63) is 53.1 Å². The number of carbonyl (C=O) groups excluding carboxylic acids is 1. The quantitative estimate of drug-likeness (QED) is 0.297. The van der Waals surface area contributed by atoms with Crippen LogP contribution in [0, 0.1) is 17.6 Å². The normalized spacial score (nSPS) is 16.6. The van der Waals surface area contributed by atoms with Crippen LogP contribution in [0.25, 0.3) is 0 Å². The lowest BCUT2D eigenvalue weighted by atomic mass is 10.0. The monoisotopic (exact) mass is 412 g/mol. The van der Waals surface area contributed by atoms with E-state index in [2.05, 4.69) is 15.2 Å². The third-order valence-electron chi connectivity index (χ3n) is 4.37. The van der Waals surface area contributed by atoms with E-state index in [0.717, 1.165) is 37.3 Å². The third-order valence-corrected chi connectivity index (χ3v) is 4.37. The summed E-state index contributed by atoms with van der Waals surface area (Å²) in [6.45, 7) is -3.06. The van der Waals surface area contributed by atoms with Gasteiger partial charge in [0.1, 0.15) is 17.9 Å². The van der Waals surface area contributed by atoms with Gasteiger partial charge in [0, 0.05) is 0 Å². The molecular formula is C20H20F4N2O3. The molecule has 0 heterocycles. The number of halogens is 4. The lowest BCUT2D eigenvalue weighted by molar-refractivity contribution is -0.119. The first kappa shape index (κ1) is 20.9. The topological polar surface area (TPSA) is 59.9 Å². The first-order chi connectivity index (χ1) is 13.9. The maximum atomic E-state index is 14.5. The van der Waals surface area contributed by atoms with Crippen molar-refractivity contribution in [2.24, 2.45) is 11.1 Å². The van der Waals surface area contributed by atoms with Gasteiger partial charge in [-0.1, -0.05) is 23.4 Å². The fourth-order valence-corrected chi connectivity index (χ4v) is 2.73. The second-order valence-corrected chi connectivity index (χ2v) is 6.78. The molecular weight excluding hydrogens is 392 g/mol. The second-order valence-electron chi connectivity index (χ2n) is 6.78. The van der Waals surface area contributed by atoms with Crippen molar-refractivity contribution in [2.75, 3.05) is 6.61 Å². The summed E-state index contributed by atoms with van der Waals surface area (Å²) >= 11 is 0. The average molecular weight is 412 g/mol. The average Bonchev–Trinajstić information content (AvgIpc) is 3.49. The number of allylic oxidation sites excluding steroid dienone is 3. The van der Waals surface area contributed by atoms with E-state index >= 15 is 0 Å². The zero-order chi connectivity index (χ0) is 20.8. The smallest absolute Gasteiger partial charge is 0.387 e. The summed E-state index contributed by atoms with van der Waals surface area (Å²) in [6.07, 6.45) is 9.10. The highest BCUT2D eigenvalue weighted by Crippen LogP contribution is 2.29. The van der Waals surface area contributed by atoms with Crippen molar-refractivity contribution in [1.29, 1.82) is 0 Å². The van der Waals surface area contributed by atoms with E-state index in [0.29, 0.717) is 12.0 Å². The first-order valence-corrected chi connectivity index (χ1v) is 9.22. The molecule has 0 unspecified atom stereocenters. The number of amidine groups is 1. The summed E-state index contributed by atoms with van der Waals surface area (Å²) in [4.78, 5) is 17.5. The van der Waals surface area contributed by atoms with Gasteiger partial charge in [0.15, 0.2) is 17.5 Å². The number of ether oxygens (including phenoxy) is 1. The molecule has 0 aromatic heterocycles. The summed E-state index contributed by atoms with van der Waals surface area (Å²) in [6, 6.07) is 1.49. The molecule has 1 aromatic rings. The molecule has 1 fully saturated rings. The van der Waals surface area contributed by atoms with Crippen molar-refractivity contribution in [3.63, 3.8) is 0 Å². The standard InChI is InChI=1S/C20H20F4N2O3/c21-14-8-9-15(29-20(23)24)17(18(14)22)19(26-28-11-13-6-7-13)25-16(27)10-12-4-2-1-3-5-12/h2,4-5,8-9,13,20H,1,3,6-7,10-11H2,(H,25,26,27). The summed E-state index contributed by atoms with van der Waals surface area (Å²) in [5.41, 5.74) is 0.0124. The van der Waals surface area contributed by atoms with Crippen molar-refractivity contribution in [3.8, 4) is 5.75 Å². The maximum Gasteiger partial charge on any atom is 0.387 e. The molecule has 0 saturated heterocycles. The Hall–Kier alpha value is -2.84. The molecule has 3 rings (SSSR count). The van der Waals surface area contributed by atoms with E-state index in [-0.39, 0.29) is 13.0 Å². The number of carbonyl (C=O) groups is 1. The van der Waals surface area contributed by atoms with Crippen molar-refractivity contribution < 1.29 is 31.9 Å². The molecule has 2 aliphatic carbocycles. The van der Waals surface area contributed by atoms with Crippen molar-refractivity contribution >= 4 is 11.7 Å². The highest BCUT2D eigenvalue weighted by atomic mass is 19.3. The minimum atomic E-state index is -3.28. The predicted molar refractivity (Wildman–Crippen MR) is 97.4 cm³/mol. The van der Waals surface area contributed by atoms with Crippen LogP contribution in [0.2, 0.25) is 0 Å². The Morgan fingerprint density at radius 1 is 1.24 bits per heavy atom. The zero-order valence-electron chi connectivity index (χ0n) is 15.5. The summed E-state index contributed by atoms with van der Waals surface area (Å²) < 4.78 is 58.0. The second kappa shape index (κ2) is 9.58. The predicted octanol–water partition coefficient (Wildman–Crippen LogP) is 4.44. The number of rotatable bonds is 8. The van der Waals surface area contributed by atoms with Crippen LogP contribution in [0.4, 0.5) is 17.6 Å². The largest absolute Gasteiger partial charge is 0.434 e. The summed E-state index contributed by atoms with van der Waals surface area (Å²) in [7, 11) is 0. The molecule has 1 aromatic carbocycles. The number of nitrogens with one attached hydrogen (secondary N) is 1. The number of oxime groups is 1. The van der Waals surface area contributed by atoms with Crippen LogP contribution in [0.15, 0.2) is 41.1 Å². The van der Waals surface area contributed by atoms with E-state index in [1.54, 1.807) is 6.08 Å². The minimum Gasteiger partial charge on any atom is -0.434 e. The van der Waals surface area contributed by atoms with Gasteiger partial charge < -0.3 is 14.9 Å². The zero-order valence-corrected chi connectivity index (χ0v) is 15.5. The van der Waals surface area contributed by atoms with Gasteiger partial charge in [-0.25, -0.2) is 8.78 Å². The Morgan fingerprint density at radius 2 is 2.03 bits per heavy atom. The molecule has 2 aliphatic rings. The Morgan fingerprint density at radius 3 is 2.69 bits per heavy atom. The number of alkyl halides is 2. The van der Waals surface area contributed by atoms with Crippen LogP contribution in [-0.2, 0) is 9.63 Å². The molecule has 0 radical (unpaired) electrons. The number of amides is 1. The van der Waals surface area contributed by atoms with Crippen LogP contribution in [-0.4, -0.2) is 25.0 Å². The Balaban J connectivity index is 1.86. The van der Waals surface area contributed by atoms with Gasteiger partial charge in [-0.3, -0.25) is 4.79 Å². The fraction of sp³-hybridized carbons (Fsp3) is 0.400. The Bertz CT molecular complexity index is 848. The number of nitrogens with zero attached hydrogens (tertiary/aromatic N) is 1. The van der Waals surface area contributed by atoms with Crippen LogP contribution < -0.4 is 10.1 Å². The molecule has 5 nitrogen and oxygen atoms in total. The fourth-order valence-electron chi connectivity index (χ4n) is 2.73. The van der Waals surface area contributed by atoms with Crippen LogP contribution in [0.3, 0.4) is 0 Å². The van der Waals surface area contributed by atoms with Crippen LogP contribution >= 0.6 is 0 Å². The van der Waals surface area contributed by atoms with E-state index in [4.69, 9.17) is 4.84 Å². The minimum absolute atomic E-state index is 0.0416. The molecule has 0 atom stereocenters. The summed E-state index contributed by atoms with van der Waals surface area (Å²) in [5.74, 6) is -4.25. The van der Waals surface area contributed by atoms with Gasteiger partial charge in [-0.05, 0) is 49.3 Å². The van der Waals surface area contributed by atoms with Crippen molar-refractivity contribution in [2.45, 2.75) is 38.7 Å². The number of benzene rings is 1. The Labute approximate surface area is 165 Å². The molecule has 1 saturated carbocycles. The van der Waals surface area contributed by atoms with Gasteiger partial charge in [-0.15, -0.1) is 0 Å². The molecule has 156 valence electrons. The third kappa shape index (κ3) is 6.07. The van der Waals surface area contributed by atoms with Crippen LogP contribution in [0.5, 0.6) is 5.75 Å². The molecule has 1 amide bonds. The van der Waals surface area contributed by atoms with E-state index in [9.17, 15) is 22.4 Å². The highest BCUT2D eigenvalue weighted by Gasteiger charge is 2.26. The number of hydrogen-bond donors (Lipinski definition) is 1. The molecule has 0 bridgehead atoms. The number of hydrogen-bond acceptors (Lipinski definition) is 4. The van der Waals surface area contributed by atoms with Gasteiger partial charge in [-0.2, -0.15) is 8.78 Å². The van der Waals surface area contributed by atoms with Gasteiger partial charge in [0.05, 0.1) is 6.42 Å². The summed E-state index contributed by atoms with van der Waals surface area (Å²) in [5, 5.41) is 6.03. The first-order valence-electron chi connectivity index (χ1n) is 9.22. The lowest BCUT2D eigenvalue weighted by Crippen LogP contribution is -2.33. The van der Waals surface area contributed by atoms with Gasteiger partial charge in [0.2, 0.25) is 5.91 Å². The molecule has 1 N–H and O–H groups in total. The highest BCUT2D eigenvalue weighted by molar-refractivity contribution is 6.09. The molecule has 0 spiro atoms. The van der Waals surface area contributed by atoms with Gasteiger partial charge in [0.25, 0.3) is 0 Å². The van der Waals surface area contributed by atoms with E-state index in [1.807, 2.05) is 12.2 Å². The SMILES string of the molecule is O=C(CC1=CCCC=C1)N/C(=N\OCC1CC1)c1c(OC(F)F)ccc(F)c1F. The van der Waals surface area contributed by atoms with Crippen LogP contribution in [0.1, 0.15) is 37.7 Å². The van der Waals surface area contributed by atoms with E-state index < -0.39 is 41.3 Å². The molecule has 9 heteroatoms. The van der Waals surface area contributed by atoms with Gasteiger partial charge >= 0.3 is 6.61 Å².